The maximum atomic E-state index is 5.25. The molecule has 0 unspecified atom stereocenters. The van der Waals surface area contributed by atoms with Crippen molar-refractivity contribution in [2.75, 3.05) is 0 Å². The molecule has 0 rings (SSSR count). The second kappa shape index (κ2) is 5.71. The summed E-state index contributed by atoms with van der Waals surface area (Å²) in [5.74, 6) is 0.422. The quantitative estimate of drug-likeness (QED) is 0.618. The van der Waals surface area contributed by atoms with E-state index in [1.807, 2.05) is 19.1 Å². The molecule has 0 aromatic carbocycles. The molecule has 11 heavy (non-hydrogen) atoms. The molecule has 0 saturated heterocycles. The molecular weight excluding hydrogens is 136 g/mol. The normalized spacial score (nSPS) is 14.0. The molecule has 0 aliphatic heterocycles. The predicted molar refractivity (Wildman–Crippen MR) is 50.4 cm³/mol. The van der Waals surface area contributed by atoms with Crippen molar-refractivity contribution in [2.24, 2.45) is 16.6 Å². The number of nitrogens with two attached hydrogens (primary N) is 1. The number of hydrogen-bond donors (Lipinski definition) is 1. The van der Waals surface area contributed by atoms with Gasteiger partial charge in [-0.25, -0.2) is 0 Å². The highest BCUT2D eigenvalue weighted by atomic mass is 14.7. The van der Waals surface area contributed by atoms with Crippen LogP contribution in [0.25, 0.3) is 0 Å². The van der Waals surface area contributed by atoms with Gasteiger partial charge in [0, 0.05) is 11.9 Å². The zero-order chi connectivity index (χ0) is 8.69. The van der Waals surface area contributed by atoms with Gasteiger partial charge >= 0.3 is 0 Å². The summed E-state index contributed by atoms with van der Waals surface area (Å²) < 4.78 is 0. The standard InChI is InChI=1S/C9H16N2/c1-4-7-11-9(5-6-10)8(2)3/h4-8H,10H2,1-3H3/b6-5-,7-4-,11-9+. The fourth-order valence-electron chi connectivity index (χ4n) is 0.644. The number of nitrogens with zero attached hydrogens (tertiary/aromatic N) is 1. The van der Waals surface area contributed by atoms with Crippen molar-refractivity contribution in [1.29, 1.82) is 0 Å². The molecule has 2 heteroatoms. The molecule has 0 aliphatic rings. The fraction of sp³-hybridized carbons (Fsp3) is 0.444. The van der Waals surface area contributed by atoms with Crippen molar-refractivity contribution in [3.63, 3.8) is 0 Å². The van der Waals surface area contributed by atoms with Crippen molar-refractivity contribution in [3.05, 3.63) is 24.6 Å². The van der Waals surface area contributed by atoms with Gasteiger partial charge in [-0.05, 0) is 25.1 Å². The van der Waals surface area contributed by atoms with Crippen molar-refractivity contribution >= 4 is 5.71 Å². The minimum Gasteiger partial charge on any atom is -0.405 e. The van der Waals surface area contributed by atoms with E-state index in [1.165, 1.54) is 6.20 Å². The van der Waals surface area contributed by atoms with E-state index in [9.17, 15) is 0 Å². The fourth-order valence-corrected chi connectivity index (χ4v) is 0.644. The molecule has 2 nitrogen and oxygen atoms in total. The summed E-state index contributed by atoms with van der Waals surface area (Å²) in [5, 5.41) is 0. The van der Waals surface area contributed by atoms with Crippen LogP contribution in [0.5, 0.6) is 0 Å². The average Bonchev–Trinajstić information content (AvgIpc) is 1.97. The van der Waals surface area contributed by atoms with Gasteiger partial charge in [-0.15, -0.1) is 0 Å². The third kappa shape index (κ3) is 4.37. The van der Waals surface area contributed by atoms with Gasteiger partial charge in [-0.3, -0.25) is 4.99 Å². The van der Waals surface area contributed by atoms with Crippen molar-refractivity contribution in [1.82, 2.24) is 0 Å². The van der Waals surface area contributed by atoms with Gasteiger partial charge in [0.2, 0.25) is 0 Å². The average molecular weight is 152 g/mol. The van der Waals surface area contributed by atoms with E-state index in [4.69, 9.17) is 5.73 Å². The number of aliphatic imine (C=N–C) groups is 1. The smallest absolute Gasteiger partial charge is 0.0443 e. The second-order valence-electron chi connectivity index (χ2n) is 2.55. The molecule has 2 N–H and O–H groups in total. The Morgan fingerprint density at radius 3 is 2.45 bits per heavy atom. The molecule has 0 spiro atoms. The van der Waals surface area contributed by atoms with E-state index >= 15 is 0 Å². The zero-order valence-corrected chi connectivity index (χ0v) is 7.41. The first-order valence-electron chi connectivity index (χ1n) is 3.79. The third-order valence-electron chi connectivity index (χ3n) is 1.23. The molecule has 0 aromatic rings. The van der Waals surface area contributed by atoms with E-state index in [2.05, 4.69) is 18.8 Å². The van der Waals surface area contributed by atoms with Crippen LogP contribution in [0.15, 0.2) is 29.5 Å². The summed E-state index contributed by atoms with van der Waals surface area (Å²) >= 11 is 0. The Bertz CT molecular complexity index is 176. The van der Waals surface area contributed by atoms with Crippen LogP contribution in [0.2, 0.25) is 0 Å². The number of rotatable bonds is 3. The first kappa shape index (κ1) is 9.95. The van der Waals surface area contributed by atoms with Crippen LogP contribution in [0.3, 0.4) is 0 Å². The topological polar surface area (TPSA) is 38.4 Å². The van der Waals surface area contributed by atoms with Gasteiger partial charge in [0.1, 0.15) is 0 Å². The Kier molecular flexibility index (Phi) is 5.17. The van der Waals surface area contributed by atoms with E-state index in [-0.39, 0.29) is 0 Å². The lowest BCUT2D eigenvalue weighted by molar-refractivity contribution is 0.888. The lowest BCUT2D eigenvalue weighted by Gasteiger charge is -2.01. The van der Waals surface area contributed by atoms with Gasteiger partial charge in [0.05, 0.1) is 0 Å². The molecule has 62 valence electrons. The molecule has 0 heterocycles. The van der Waals surface area contributed by atoms with Crippen LogP contribution in [0.4, 0.5) is 0 Å². The molecular formula is C9H16N2. The Balaban J connectivity index is 4.32. The maximum absolute atomic E-state index is 5.25. The largest absolute Gasteiger partial charge is 0.405 e. The number of hydrogen-bond acceptors (Lipinski definition) is 2. The zero-order valence-electron chi connectivity index (χ0n) is 7.41. The van der Waals surface area contributed by atoms with E-state index in [1.54, 1.807) is 6.20 Å². The Morgan fingerprint density at radius 1 is 1.45 bits per heavy atom. The summed E-state index contributed by atoms with van der Waals surface area (Å²) in [6.45, 7) is 6.11. The summed E-state index contributed by atoms with van der Waals surface area (Å²) in [5.41, 5.74) is 6.26. The Hall–Kier alpha value is -1.05. The summed E-state index contributed by atoms with van der Waals surface area (Å²) in [6, 6.07) is 0. The lowest BCUT2D eigenvalue weighted by atomic mass is 10.1. The minimum absolute atomic E-state index is 0.422. The molecule has 0 atom stereocenters. The molecule has 0 saturated carbocycles. The monoisotopic (exact) mass is 152 g/mol. The first-order chi connectivity index (χ1) is 5.22. The minimum atomic E-state index is 0.422. The van der Waals surface area contributed by atoms with Crippen LogP contribution in [0.1, 0.15) is 20.8 Å². The van der Waals surface area contributed by atoms with Gasteiger partial charge in [-0.1, -0.05) is 19.9 Å². The maximum Gasteiger partial charge on any atom is 0.0443 e. The van der Waals surface area contributed by atoms with E-state index < -0.39 is 0 Å². The van der Waals surface area contributed by atoms with Gasteiger partial charge < -0.3 is 5.73 Å². The van der Waals surface area contributed by atoms with E-state index in [0.29, 0.717) is 5.92 Å². The highest BCUT2D eigenvalue weighted by molar-refractivity contribution is 5.96. The van der Waals surface area contributed by atoms with Gasteiger partial charge in [0.25, 0.3) is 0 Å². The van der Waals surface area contributed by atoms with Crippen molar-refractivity contribution in [2.45, 2.75) is 20.8 Å². The summed E-state index contributed by atoms with van der Waals surface area (Å²) in [6.07, 6.45) is 7.01. The summed E-state index contributed by atoms with van der Waals surface area (Å²) in [7, 11) is 0. The van der Waals surface area contributed by atoms with E-state index in [0.717, 1.165) is 5.71 Å². The van der Waals surface area contributed by atoms with Crippen molar-refractivity contribution < 1.29 is 0 Å². The van der Waals surface area contributed by atoms with Crippen LogP contribution in [0, 0.1) is 5.92 Å². The Labute approximate surface area is 68.5 Å². The molecule has 0 fully saturated rings. The molecule has 0 radical (unpaired) electrons. The lowest BCUT2D eigenvalue weighted by Crippen LogP contribution is -2.03. The number of allylic oxidation sites excluding steroid dienone is 2. The Morgan fingerprint density at radius 2 is 2.09 bits per heavy atom. The van der Waals surface area contributed by atoms with Crippen LogP contribution in [-0.4, -0.2) is 5.71 Å². The predicted octanol–water partition coefficient (Wildman–Crippen LogP) is 2.09. The first-order valence-corrected chi connectivity index (χ1v) is 3.79. The summed E-state index contributed by atoms with van der Waals surface area (Å²) in [4.78, 5) is 4.20. The molecule has 0 aliphatic carbocycles. The molecule has 0 aromatic heterocycles. The SMILES string of the molecule is C\C=C/N=C(\C=C/N)C(C)C. The van der Waals surface area contributed by atoms with Crippen LogP contribution < -0.4 is 5.73 Å². The van der Waals surface area contributed by atoms with Crippen LogP contribution in [-0.2, 0) is 0 Å². The second-order valence-corrected chi connectivity index (χ2v) is 2.55. The third-order valence-corrected chi connectivity index (χ3v) is 1.23. The van der Waals surface area contributed by atoms with Crippen LogP contribution >= 0.6 is 0 Å². The highest BCUT2D eigenvalue weighted by Crippen LogP contribution is 1.98. The van der Waals surface area contributed by atoms with Crippen molar-refractivity contribution in [3.8, 4) is 0 Å². The molecule has 0 amide bonds. The molecule has 0 bridgehead atoms. The van der Waals surface area contributed by atoms with Gasteiger partial charge in [-0.2, -0.15) is 0 Å². The van der Waals surface area contributed by atoms with Gasteiger partial charge in [0.15, 0.2) is 0 Å². The highest BCUT2D eigenvalue weighted by Gasteiger charge is 1.97.